The highest BCUT2D eigenvalue weighted by Gasteiger charge is 2.27. The van der Waals surface area contributed by atoms with Crippen LogP contribution in [0.25, 0.3) is 11.0 Å². The molecule has 9 heteroatoms. The van der Waals surface area contributed by atoms with Crippen LogP contribution >= 0.6 is 23.2 Å². The summed E-state index contributed by atoms with van der Waals surface area (Å²) in [6.07, 6.45) is 0. The van der Waals surface area contributed by atoms with E-state index in [4.69, 9.17) is 27.9 Å². The number of rotatable bonds is 4. The van der Waals surface area contributed by atoms with E-state index in [9.17, 15) is 14.9 Å². The maximum Gasteiger partial charge on any atom is 0.346 e. The van der Waals surface area contributed by atoms with Gasteiger partial charge in [0.05, 0.1) is 27.3 Å². The average Bonchev–Trinajstić information content (AvgIpc) is 2.66. The van der Waals surface area contributed by atoms with Crippen LogP contribution in [0.1, 0.15) is 21.7 Å². The highest BCUT2D eigenvalue weighted by molar-refractivity contribution is 6.42. The van der Waals surface area contributed by atoms with Crippen LogP contribution < -0.4 is 14.5 Å². The molecule has 0 spiro atoms. The third-order valence-electron chi connectivity index (χ3n) is 4.13. The van der Waals surface area contributed by atoms with Crippen molar-refractivity contribution < 1.29 is 14.0 Å². The summed E-state index contributed by atoms with van der Waals surface area (Å²) in [5, 5.41) is 15.4. The third kappa shape index (κ3) is 3.56. The molecule has 1 N–H and O–H groups in total. The molecule has 140 valence electrons. The van der Waals surface area contributed by atoms with E-state index in [2.05, 4.69) is 5.32 Å². The number of hydrogen-bond acceptors (Lipinski definition) is 4. The van der Waals surface area contributed by atoms with Gasteiger partial charge in [0.2, 0.25) is 0 Å². The normalized spacial score (nSPS) is 10.8. The Bertz CT molecular complexity index is 1090. The summed E-state index contributed by atoms with van der Waals surface area (Å²) in [5.41, 5.74) is 0.459. The first kappa shape index (κ1) is 19.0. The largest absolute Gasteiger partial charge is 0.805 e. The molecule has 0 bridgehead atoms. The van der Waals surface area contributed by atoms with Crippen molar-refractivity contribution in [3.63, 3.8) is 0 Å². The van der Waals surface area contributed by atoms with Crippen molar-refractivity contribution in [2.75, 3.05) is 7.11 Å². The first-order valence-electron chi connectivity index (χ1n) is 7.89. The fourth-order valence-electron chi connectivity index (χ4n) is 2.66. The van der Waals surface area contributed by atoms with Crippen molar-refractivity contribution >= 4 is 40.1 Å². The minimum atomic E-state index is -0.670. The van der Waals surface area contributed by atoms with Gasteiger partial charge in [-0.15, -0.1) is 0 Å². The van der Waals surface area contributed by atoms with E-state index in [0.29, 0.717) is 14.9 Å². The molecule has 2 aromatic carbocycles. The highest BCUT2D eigenvalue weighted by atomic mass is 35.5. The van der Waals surface area contributed by atoms with Crippen molar-refractivity contribution in [2.24, 2.45) is 0 Å². The van der Waals surface area contributed by atoms with Crippen LogP contribution in [0.3, 0.4) is 0 Å². The van der Waals surface area contributed by atoms with Gasteiger partial charge in [0.1, 0.15) is 11.3 Å². The molecule has 0 aliphatic rings. The van der Waals surface area contributed by atoms with Gasteiger partial charge >= 0.3 is 11.6 Å². The average molecular weight is 408 g/mol. The minimum Gasteiger partial charge on any atom is -0.805 e. The number of aromatic nitrogens is 2. The van der Waals surface area contributed by atoms with Gasteiger partial charge in [-0.3, -0.25) is 4.79 Å². The Morgan fingerprint density at radius 1 is 1.22 bits per heavy atom. The Kier molecular flexibility index (Phi) is 5.25. The molecule has 1 amide bonds. The molecule has 3 aromatic rings. The number of carbonyl (C=O) groups is 1. The summed E-state index contributed by atoms with van der Waals surface area (Å²) < 4.78 is 5.97. The molecule has 7 nitrogen and oxygen atoms in total. The van der Waals surface area contributed by atoms with Crippen LogP contribution in [0.5, 0.6) is 5.75 Å². The molecule has 0 aliphatic heterocycles. The minimum absolute atomic E-state index is 0.0311. The van der Waals surface area contributed by atoms with E-state index in [0.717, 1.165) is 5.56 Å². The van der Waals surface area contributed by atoms with Gasteiger partial charge in [0.15, 0.2) is 0 Å². The van der Waals surface area contributed by atoms with Crippen LogP contribution in [-0.4, -0.2) is 17.7 Å². The first-order chi connectivity index (χ1) is 12.8. The molecule has 0 unspecified atom stereocenters. The molecule has 0 atom stereocenters. The molecule has 1 heterocycles. The fraction of sp³-hybridized carbons (Fsp3) is 0.167. The van der Waals surface area contributed by atoms with Crippen LogP contribution in [0.2, 0.25) is 10.0 Å². The number of fused-ring (bicyclic) bond motifs is 1. The number of amides is 1. The summed E-state index contributed by atoms with van der Waals surface area (Å²) in [6, 6.07) is 9.65. The number of halogens is 2. The van der Waals surface area contributed by atoms with E-state index in [1.54, 1.807) is 31.4 Å². The first-order valence-corrected chi connectivity index (χ1v) is 8.64. The number of nitrogens with zero attached hydrogens (tertiary/aromatic N) is 2. The van der Waals surface area contributed by atoms with Crippen LogP contribution in [0.4, 0.5) is 0 Å². The van der Waals surface area contributed by atoms with E-state index in [1.165, 1.54) is 19.1 Å². The predicted molar refractivity (Wildman–Crippen MR) is 103 cm³/mol. The number of hydrogen-bond donors (Lipinski definition) is 1. The van der Waals surface area contributed by atoms with Crippen LogP contribution in [0, 0.1) is 17.0 Å². The molecule has 0 aliphatic carbocycles. The molecule has 0 fully saturated rings. The lowest BCUT2D eigenvalue weighted by Crippen LogP contribution is -2.36. The van der Waals surface area contributed by atoms with Gasteiger partial charge in [0.25, 0.3) is 5.52 Å². The zero-order valence-corrected chi connectivity index (χ0v) is 16.0. The van der Waals surface area contributed by atoms with Gasteiger partial charge in [0, 0.05) is 17.5 Å². The standard InChI is InChI=1S/C18H15Cl2N3O4/c1-10-17(18(24)21-9-11-3-5-12(27-2)6-4-11)23(26)16-8-14(20)13(19)7-15(16)22(10)25/h3-8H,9H2,1-2H3,(H,21,24). The van der Waals surface area contributed by atoms with Gasteiger partial charge in [-0.1, -0.05) is 35.3 Å². The lowest BCUT2D eigenvalue weighted by molar-refractivity contribution is -0.468. The molecule has 0 saturated carbocycles. The number of methoxy groups -OCH3 is 1. The summed E-state index contributed by atoms with van der Waals surface area (Å²) in [6.45, 7) is 1.58. The molecule has 1 aromatic heterocycles. The summed E-state index contributed by atoms with van der Waals surface area (Å²) in [5.74, 6) is 0.0201. The monoisotopic (exact) mass is 407 g/mol. The Hall–Kier alpha value is -2.77. The second kappa shape index (κ2) is 7.46. The fourth-order valence-corrected chi connectivity index (χ4v) is 2.98. The molecule has 27 heavy (non-hydrogen) atoms. The van der Waals surface area contributed by atoms with E-state index < -0.39 is 5.91 Å². The summed E-state index contributed by atoms with van der Waals surface area (Å²) >= 11 is 11.9. The molecule has 0 radical (unpaired) electrons. The molecule has 3 rings (SSSR count). The Labute approximate surface area is 164 Å². The SMILES string of the molecule is COc1ccc(CNC(=O)c2c(C)n([O-])c3cc(Cl)c(Cl)cc3[n+]2=O)cc1. The lowest BCUT2D eigenvalue weighted by atomic mass is 10.2. The van der Waals surface area contributed by atoms with Crippen molar-refractivity contribution in [3.05, 3.63) is 73.5 Å². The van der Waals surface area contributed by atoms with E-state index in [1.807, 2.05) is 0 Å². The topological polar surface area (TPSA) is 89.3 Å². The molecular weight excluding hydrogens is 393 g/mol. The maximum atomic E-state index is 12.7. The Balaban J connectivity index is 1.96. The number of benzene rings is 2. The van der Waals surface area contributed by atoms with Crippen molar-refractivity contribution in [3.8, 4) is 5.75 Å². The van der Waals surface area contributed by atoms with Gasteiger partial charge < -0.3 is 20.0 Å². The number of carbonyl (C=O) groups excluding carboxylic acids is 1. The van der Waals surface area contributed by atoms with Gasteiger partial charge in [-0.25, -0.2) is 0 Å². The van der Waals surface area contributed by atoms with Crippen LogP contribution in [-0.2, 0) is 6.54 Å². The Morgan fingerprint density at radius 2 is 1.85 bits per heavy atom. The highest BCUT2D eigenvalue weighted by Crippen LogP contribution is 2.27. The van der Waals surface area contributed by atoms with Crippen molar-refractivity contribution in [1.82, 2.24) is 10.0 Å². The van der Waals surface area contributed by atoms with Crippen LogP contribution in [0.15, 0.2) is 36.4 Å². The molecule has 0 saturated heterocycles. The quantitative estimate of drug-likeness (QED) is 0.670. The van der Waals surface area contributed by atoms with E-state index >= 15 is 0 Å². The van der Waals surface area contributed by atoms with E-state index in [-0.39, 0.29) is 39.0 Å². The Morgan fingerprint density at radius 3 is 2.48 bits per heavy atom. The smallest absolute Gasteiger partial charge is 0.346 e. The number of ether oxygens (including phenoxy) is 1. The number of nitrogens with one attached hydrogen (secondary N) is 1. The van der Waals surface area contributed by atoms with Gasteiger partial charge in [-0.05, 0) is 30.7 Å². The summed E-state index contributed by atoms with van der Waals surface area (Å²) in [4.78, 5) is 25.2. The van der Waals surface area contributed by atoms with Crippen molar-refractivity contribution in [2.45, 2.75) is 13.5 Å². The summed E-state index contributed by atoms with van der Waals surface area (Å²) in [7, 11) is 1.56. The predicted octanol–water partition coefficient (Wildman–Crippen LogP) is 3.46. The zero-order valence-electron chi connectivity index (χ0n) is 14.5. The lowest BCUT2D eigenvalue weighted by Gasteiger charge is -2.16. The van der Waals surface area contributed by atoms with Crippen molar-refractivity contribution in [1.29, 1.82) is 0 Å². The molecular formula is C18H15Cl2N3O4. The second-order valence-electron chi connectivity index (χ2n) is 5.81. The third-order valence-corrected chi connectivity index (χ3v) is 4.85. The zero-order chi connectivity index (χ0) is 19.7. The van der Waals surface area contributed by atoms with Gasteiger partial charge in [-0.2, -0.15) is 0 Å². The second-order valence-corrected chi connectivity index (χ2v) is 6.62. The maximum absolute atomic E-state index is 12.7.